The summed E-state index contributed by atoms with van der Waals surface area (Å²) in [6, 6.07) is 13.8. The molecule has 9 amide bonds. The normalized spacial score (nSPS) is 21.6. The number of benzene rings is 4. The minimum Gasteiger partial charge on any atom is -0.480 e. The number of ketones is 1. The van der Waals surface area contributed by atoms with Gasteiger partial charge in [0.1, 0.15) is 55.4 Å². The van der Waals surface area contributed by atoms with E-state index in [2.05, 4.69) is 57.8 Å². The van der Waals surface area contributed by atoms with E-state index < -0.39 is 187 Å². The minimum atomic E-state index is -1.73. The third-order valence-electron chi connectivity index (χ3n) is 19.0. The van der Waals surface area contributed by atoms with Gasteiger partial charge in [-0.1, -0.05) is 137 Å². The van der Waals surface area contributed by atoms with Crippen LogP contribution >= 0.6 is 0 Å². The lowest BCUT2D eigenvalue weighted by atomic mass is 9.84. The first-order chi connectivity index (χ1) is 48.3. The van der Waals surface area contributed by atoms with Crippen molar-refractivity contribution < 1.29 is 67.7 Å². The van der Waals surface area contributed by atoms with Gasteiger partial charge in [0.2, 0.25) is 53.2 Å². The molecule has 9 N–H and O–H groups in total. The number of rotatable bonds is 14. The number of hydrogen-bond donors (Lipinski definition) is 9. The largest absolute Gasteiger partial charge is 0.480 e. The second-order valence-electron chi connectivity index (χ2n) is 28.6. The first-order valence-corrected chi connectivity index (χ1v) is 34.0. The predicted octanol–water partition coefficient (Wildman–Crippen LogP) is 0.0156. The minimum absolute atomic E-state index is 0.00492. The average Bonchev–Trinajstić information content (AvgIpc) is 0.864. The number of Topliss-reactive ketones (excluding diaryl/α,β-unsaturated/α-hetero) is 1. The summed E-state index contributed by atoms with van der Waals surface area (Å²) in [4.78, 5) is 179. The van der Waals surface area contributed by atoms with Crippen molar-refractivity contribution in [3.8, 4) is 0 Å². The van der Waals surface area contributed by atoms with Gasteiger partial charge in [-0.15, -0.1) is 10.2 Å². The standard InChI is InChI=1S/C71H91N17O14/c1-40(72-9)61(92)77-59(70(3,4)5)66(97)87-25-23-83-36-54(87)56(89)31-48(29-42-19-21-44-15-11-13-17-46(44)27-42)63(94)75-52(68(99)100)32-49-34-86(81-79-49)39-58(91)84-24-26-88(67(98)60(71(6,7)8)78-62(93)41(2)73-10)55(37-84)65(96)74-51(30-43-20-22-45-16-12-14-18-47(45)28-43)64(95)76-53(69(101)102)33-50-35-85(82-80-50)38-57(83)90/h11-22,27-28,34-35,40-41,48,51-55,59-60,72-73H,23-26,29-33,36-39H2,1-10H3,(H,74,96)(H,75,94)(H,76,95)(H,77,92)(H,78,93)(H,99,100)(H,101,102)/t40-,41-,48+,51-,52-,53-,54-,55-,59+,60+/m0/s1. The van der Waals surface area contributed by atoms with E-state index >= 15 is 19.2 Å². The second kappa shape index (κ2) is 32.4. The molecule has 8 bridgehead atoms. The van der Waals surface area contributed by atoms with Crippen LogP contribution in [0, 0.1) is 16.7 Å². The molecule has 0 aliphatic carbocycles. The number of nitrogens with zero attached hydrogens (tertiary/aromatic N) is 10. The molecule has 2 saturated heterocycles. The van der Waals surface area contributed by atoms with E-state index in [1.165, 1.54) is 32.0 Å². The van der Waals surface area contributed by atoms with Crippen molar-refractivity contribution in [3.05, 3.63) is 120 Å². The Morgan fingerprint density at radius 1 is 0.529 bits per heavy atom. The number of carboxylic acids is 2. The molecule has 2 fully saturated rings. The fourth-order valence-electron chi connectivity index (χ4n) is 12.7. The monoisotopic (exact) mass is 1410 g/mol. The van der Waals surface area contributed by atoms with E-state index in [9.17, 15) is 48.6 Å². The Balaban J connectivity index is 1.09. The number of carboxylic acid groups (broad SMARTS) is 2. The molecule has 2 aromatic heterocycles. The van der Waals surface area contributed by atoms with Crippen molar-refractivity contribution in [1.82, 2.24) is 86.8 Å². The zero-order valence-electron chi connectivity index (χ0n) is 59.0. The third-order valence-corrected chi connectivity index (χ3v) is 19.0. The Labute approximate surface area is 589 Å². The molecule has 0 radical (unpaired) electrons. The topological polar surface area (TPSA) is 404 Å². The molecular weight excluding hydrogens is 1310 g/mol. The van der Waals surface area contributed by atoms with Crippen molar-refractivity contribution in [2.24, 2.45) is 16.7 Å². The number of carbonyl (C=O) groups is 12. The van der Waals surface area contributed by atoms with Crippen LogP contribution in [0.3, 0.4) is 0 Å². The zero-order valence-corrected chi connectivity index (χ0v) is 59.0. The van der Waals surface area contributed by atoms with Gasteiger partial charge < -0.3 is 67.0 Å². The van der Waals surface area contributed by atoms with Crippen LogP contribution in [0.1, 0.15) is 84.3 Å². The molecule has 0 unspecified atom stereocenters. The highest BCUT2D eigenvalue weighted by atomic mass is 16.4. The van der Waals surface area contributed by atoms with Crippen LogP contribution in [-0.2, 0) is 96.3 Å². The van der Waals surface area contributed by atoms with Gasteiger partial charge in [0, 0.05) is 76.7 Å². The van der Waals surface area contributed by atoms with E-state index in [4.69, 9.17) is 0 Å². The van der Waals surface area contributed by atoms with Gasteiger partial charge in [0.15, 0.2) is 5.78 Å². The fourth-order valence-corrected chi connectivity index (χ4v) is 12.7. The molecule has 0 spiro atoms. The lowest BCUT2D eigenvalue weighted by Gasteiger charge is -2.44. The molecule has 4 aromatic carbocycles. The van der Waals surface area contributed by atoms with Crippen LogP contribution in [0.15, 0.2) is 97.3 Å². The molecule has 0 saturated carbocycles. The maximum Gasteiger partial charge on any atom is 0.326 e. The Kier molecular flexibility index (Phi) is 24.0. The smallest absolute Gasteiger partial charge is 0.326 e. The van der Waals surface area contributed by atoms with Gasteiger partial charge in [0.05, 0.1) is 30.0 Å². The van der Waals surface area contributed by atoms with Gasteiger partial charge in [-0.2, -0.15) is 0 Å². The van der Waals surface area contributed by atoms with E-state index in [1.807, 2.05) is 66.7 Å². The van der Waals surface area contributed by atoms with E-state index in [0.29, 0.717) is 11.1 Å². The highest BCUT2D eigenvalue weighted by molar-refractivity contribution is 5.99. The summed E-state index contributed by atoms with van der Waals surface area (Å²) in [7, 11) is 3.15. The summed E-state index contributed by atoms with van der Waals surface area (Å²) in [6.45, 7) is 10.9. The van der Waals surface area contributed by atoms with Crippen molar-refractivity contribution in [2.45, 2.75) is 155 Å². The molecular formula is C71H91N17O14. The Bertz CT molecular complexity index is 3900. The lowest BCUT2D eigenvalue weighted by Crippen LogP contribution is -2.67. The number of nitrogens with one attached hydrogen (secondary N) is 7. The lowest BCUT2D eigenvalue weighted by molar-refractivity contribution is -0.153. The quantitative estimate of drug-likeness (QED) is 0.0694. The molecule has 5 heterocycles. The van der Waals surface area contributed by atoms with Crippen molar-refractivity contribution in [2.75, 3.05) is 53.4 Å². The molecule has 544 valence electrons. The second-order valence-corrected chi connectivity index (χ2v) is 28.6. The Morgan fingerprint density at radius 2 is 0.951 bits per heavy atom. The van der Waals surface area contributed by atoms with Crippen LogP contribution in [-0.4, -0.2) is 238 Å². The fraction of sp³-hybridized carbons (Fsp3) is 0.493. The number of aromatic nitrogens is 6. The summed E-state index contributed by atoms with van der Waals surface area (Å²) in [5, 5.41) is 60.8. The number of fused-ring (bicyclic) bond motifs is 10. The van der Waals surface area contributed by atoms with Gasteiger partial charge in [-0.05, 0) is 77.9 Å². The Hall–Kier alpha value is -10.6. The number of aliphatic carboxylic acids is 2. The average molecular weight is 1410 g/mol. The molecule has 31 nitrogen and oxygen atoms in total. The van der Waals surface area contributed by atoms with Gasteiger partial charge in [0.25, 0.3) is 0 Å². The number of hydrogen-bond acceptors (Lipinski definition) is 18. The van der Waals surface area contributed by atoms with Crippen LogP contribution < -0.4 is 37.2 Å². The molecule has 10 atom stereocenters. The highest BCUT2D eigenvalue weighted by Gasteiger charge is 2.47. The summed E-state index contributed by atoms with van der Waals surface area (Å²) in [5.41, 5.74) is -0.724. The van der Waals surface area contributed by atoms with Crippen LogP contribution in [0.25, 0.3) is 21.5 Å². The van der Waals surface area contributed by atoms with E-state index in [-0.39, 0.29) is 50.4 Å². The van der Waals surface area contributed by atoms with Crippen LogP contribution in [0.5, 0.6) is 0 Å². The number of likely N-dealkylation sites (N-methyl/N-ethyl adjacent to an activating group) is 2. The zero-order chi connectivity index (χ0) is 74.1. The maximum atomic E-state index is 15.4. The van der Waals surface area contributed by atoms with Crippen LogP contribution in [0.4, 0.5) is 0 Å². The molecule has 31 heteroatoms. The van der Waals surface area contributed by atoms with Crippen molar-refractivity contribution in [1.29, 1.82) is 0 Å². The van der Waals surface area contributed by atoms with Crippen LogP contribution in [0.2, 0.25) is 0 Å². The first kappa shape index (κ1) is 75.6. The van der Waals surface area contributed by atoms with Gasteiger partial charge >= 0.3 is 11.9 Å². The van der Waals surface area contributed by atoms with Crippen molar-refractivity contribution in [3.63, 3.8) is 0 Å². The molecule has 3 aliphatic rings. The van der Waals surface area contributed by atoms with E-state index in [0.717, 1.165) is 30.9 Å². The van der Waals surface area contributed by atoms with Crippen molar-refractivity contribution >= 4 is 92.4 Å². The Morgan fingerprint density at radius 3 is 1.39 bits per heavy atom. The summed E-state index contributed by atoms with van der Waals surface area (Å²) < 4.78 is 2.26. The maximum absolute atomic E-state index is 15.4. The molecule has 3 aliphatic heterocycles. The summed E-state index contributed by atoms with van der Waals surface area (Å²) in [5.74, 6) is -11.3. The van der Waals surface area contributed by atoms with E-state index in [1.54, 1.807) is 87.7 Å². The predicted molar refractivity (Wildman–Crippen MR) is 371 cm³/mol. The van der Waals surface area contributed by atoms with Gasteiger partial charge in [-0.25, -0.2) is 19.0 Å². The number of piperazine rings is 2. The first-order valence-electron chi connectivity index (χ1n) is 34.0. The summed E-state index contributed by atoms with van der Waals surface area (Å²) >= 11 is 0. The number of amides is 9. The molecule has 9 rings (SSSR count). The number of carbonyl (C=O) groups excluding carboxylic acids is 10. The van der Waals surface area contributed by atoms with Gasteiger partial charge in [-0.3, -0.25) is 47.9 Å². The molecule has 102 heavy (non-hydrogen) atoms. The third kappa shape index (κ3) is 18.7. The SMILES string of the molecule is CN[C@@H](C)C(=O)N[C@H](C(=O)N1CCN2C[C@H]1C(=O)C[C@@H](Cc1ccc3ccccc3c1)C(=O)N[C@H](C(=O)O)Cc1cn(nn1)CC(=O)N1CCN(C(=O)[C@@H](NC(=O)[C@H](C)NC)C(C)(C)C)[C@@H](C1)C(=O)N[C@@H](Cc1ccc3ccccc3c1)C(=O)N[C@H](C(=O)O)Cc1cn(nn1)CC2=O)C(C)(C)C. The molecule has 6 aromatic rings. The highest BCUT2D eigenvalue weighted by Crippen LogP contribution is 2.29. The summed E-state index contributed by atoms with van der Waals surface area (Å²) in [6.07, 6.45) is 0.716.